The second-order valence-corrected chi connectivity index (χ2v) is 9.85. The zero-order chi connectivity index (χ0) is 23.1. The predicted molar refractivity (Wildman–Crippen MR) is 123 cm³/mol. The molecule has 0 fully saturated rings. The summed E-state index contributed by atoms with van der Waals surface area (Å²) in [5, 5.41) is 0.655. The zero-order valence-electron chi connectivity index (χ0n) is 18.6. The van der Waals surface area contributed by atoms with Crippen LogP contribution in [-0.2, 0) is 24.9 Å². The average molecular weight is 482 g/mol. The predicted octanol–water partition coefficient (Wildman–Crippen LogP) is 4.20. The van der Waals surface area contributed by atoms with Gasteiger partial charge in [-0.2, -0.15) is 4.98 Å². The average Bonchev–Trinajstić information content (AvgIpc) is 3.16. The van der Waals surface area contributed by atoms with Crippen LogP contribution in [0.3, 0.4) is 0 Å². The molecule has 0 aliphatic carbocycles. The van der Waals surface area contributed by atoms with E-state index >= 15 is 0 Å². The van der Waals surface area contributed by atoms with Crippen LogP contribution in [0.1, 0.15) is 20.8 Å². The molecule has 0 unspecified atom stereocenters. The highest BCUT2D eigenvalue weighted by atomic mass is 32.2. The van der Waals surface area contributed by atoms with E-state index in [1.54, 1.807) is 27.3 Å². The number of rotatable bonds is 12. The summed E-state index contributed by atoms with van der Waals surface area (Å²) in [6.45, 7) is 6.39. The number of anilines is 1. The second kappa shape index (κ2) is 11.1. The molecule has 0 spiro atoms. The second-order valence-electron chi connectivity index (χ2n) is 6.79. The Kier molecular flexibility index (Phi) is 8.50. The molecule has 0 amide bonds. The SMILES string of the molecule is CCOP(=O)(CO[C@H](C)Cn1cnc2c(Sc3ccc(OC)cc3)nc(N)nc21)OCC. The summed E-state index contributed by atoms with van der Waals surface area (Å²) >= 11 is 1.44. The molecular formula is C20H28N5O5PS. The molecule has 0 saturated carbocycles. The Hall–Kier alpha value is -2.17. The van der Waals surface area contributed by atoms with Crippen molar-refractivity contribution in [1.29, 1.82) is 0 Å². The van der Waals surface area contributed by atoms with Crippen molar-refractivity contribution in [3.05, 3.63) is 30.6 Å². The van der Waals surface area contributed by atoms with Gasteiger partial charge in [-0.3, -0.25) is 4.57 Å². The first-order valence-corrected chi connectivity index (χ1v) is 12.7. The van der Waals surface area contributed by atoms with Crippen molar-refractivity contribution in [2.24, 2.45) is 0 Å². The number of nitrogens with two attached hydrogens (primary N) is 1. The van der Waals surface area contributed by atoms with E-state index in [4.69, 9.17) is 24.3 Å². The first kappa shape index (κ1) is 24.5. The van der Waals surface area contributed by atoms with E-state index in [0.717, 1.165) is 10.6 Å². The number of aromatic nitrogens is 4. The summed E-state index contributed by atoms with van der Waals surface area (Å²) in [6, 6.07) is 7.64. The minimum atomic E-state index is -3.28. The van der Waals surface area contributed by atoms with E-state index in [1.807, 2.05) is 35.8 Å². The van der Waals surface area contributed by atoms with E-state index in [1.165, 1.54) is 11.8 Å². The third-order valence-electron chi connectivity index (χ3n) is 4.35. The number of imidazole rings is 1. The van der Waals surface area contributed by atoms with E-state index in [0.29, 0.717) is 22.7 Å². The minimum Gasteiger partial charge on any atom is -0.497 e. The van der Waals surface area contributed by atoms with Crippen LogP contribution in [0.25, 0.3) is 11.2 Å². The molecule has 12 heteroatoms. The van der Waals surface area contributed by atoms with Gasteiger partial charge < -0.3 is 28.8 Å². The Morgan fingerprint density at radius 2 is 1.84 bits per heavy atom. The van der Waals surface area contributed by atoms with Crippen molar-refractivity contribution in [2.75, 3.05) is 32.4 Å². The van der Waals surface area contributed by atoms with Crippen molar-refractivity contribution >= 4 is 36.5 Å². The molecule has 2 heterocycles. The van der Waals surface area contributed by atoms with Gasteiger partial charge in [0.05, 0.1) is 39.3 Å². The van der Waals surface area contributed by atoms with Gasteiger partial charge in [0.1, 0.15) is 22.6 Å². The van der Waals surface area contributed by atoms with Crippen LogP contribution in [0.4, 0.5) is 5.95 Å². The van der Waals surface area contributed by atoms with Gasteiger partial charge in [0.2, 0.25) is 5.95 Å². The van der Waals surface area contributed by atoms with Crippen molar-refractivity contribution in [3.8, 4) is 5.75 Å². The number of methoxy groups -OCH3 is 1. The Morgan fingerprint density at radius 3 is 2.47 bits per heavy atom. The standard InChI is InChI=1S/C20H28N5O5PS/c1-5-29-31(26,30-6-2)13-28-14(3)11-25-12-22-17-18(25)23-20(21)24-19(17)32-16-9-7-15(27-4)8-10-16/h7-10,12,14H,5-6,11,13H2,1-4H3,(H2,21,23,24)/t14-/m1/s1. The number of nitrogen functional groups attached to an aromatic ring is 1. The van der Waals surface area contributed by atoms with Crippen LogP contribution in [0.5, 0.6) is 5.75 Å². The van der Waals surface area contributed by atoms with Crippen LogP contribution in [0.15, 0.2) is 40.5 Å². The molecule has 2 aromatic heterocycles. The van der Waals surface area contributed by atoms with Crippen molar-refractivity contribution < 1.29 is 23.1 Å². The Labute approximate surface area is 191 Å². The van der Waals surface area contributed by atoms with Gasteiger partial charge in [0.25, 0.3) is 0 Å². The molecule has 174 valence electrons. The Bertz CT molecular complexity index is 1070. The maximum Gasteiger partial charge on any atom is 0.356 e. The molecule has 1 atom stereocenters. The summed E-state index contributed by atoms with van der Waals surface area (Å²) in [4.78, 5) is 14.2. The highest BCUT2D eigenvalue weighted by Crippen LogP contribution is 2.48. The number of hydrogen-bond acceptors (Lipinski definition) is 10. The molecule has 1 aromatic carbocycles. The van der Waals surface area contributed by atoms with Crippen LogP contribution < -0.4 is 10.5 Å². The van der Waals surface area contributed by atoms with Gasteiger partial charge in [0.15, 0.2) is 5.65 Å². The van der Waals surface area contributed by atoms with E-state index in [-0.39, 0.29) is 31.6 Å². The van der Waals surface area contributed by atoms with Crippen LogP contribution in [0.2, 0.25) is 0 Å². The molecule has 3 rings (SSSR count). The fraction of sp³-hybridized carbons (Fsp3) is 0.450. The lowest BCUT2D eigenvalue weighted by atomic mass is 10.3. The zero-order valence-corrected chi connectivity index (χ0v) is 20.3. The first-order chi connectivity index (χ1) is 15.4. The van der Waals surface area contributed by atoms with E-state index < -0.39 is 7.60 Å². The Balaban J connectivity index is 1.74. The molecule has 0 radical (unpaired) electrons. The quantitative estimate of drug-likeness (QED) is 0.297. The largest absolute Gasteiger partial charge is 0.497 e. The highest BCUT2D eigenvalue weighted by molar-refractivity contribution is 7.99. The number of benzene rings is 1. The molecule has 0 aliphatic heterocycles. The van der Waals surface area contributed by atoms with Gasteiger partial charge >= 0.3 is 7.60 Å². The first-order valence-electron chi connectivity index (χ1n) is 10.2. The normalized spacial score (nSPS) is 12.9. The lowest BCUT2D eigenvalue weighted by molar-refractivity contribution is 0.0672. The van der Waals surface area contributed by atoms with Gasteiger partial charge in [-0.05, 0) is 45.0 Å². The smallest absolute Gasteiger partial charge is 0.356 e. The monoisotopic (exact) mass is 481 g/mol. The van der Waals surface area contributed by atoms with Crippen LogP contribution in [0, 0.1) is 0 Å². The van der Waals surface area contributed by atoms with Gasteiger partial charge in [0, 0.05) is 4.90 Å². The molecule has 0 aliphatic rings. The van der Waals surface area contributed by atoms with Crippen molar-refractivity contribution in [1.82, 2.24) is 19.5 Å². The molecule has 0 bridgehead atoms. The maximum absolute atomic E-state index is 12.6. The minimum absolute atomic E-state index is 0.127. The van der Waals surface area contributed by atoms with Crippen LogP contribution >= 0.6 is 19.4 Å². The molecule has 10 nitrogen and oxygen atoms in total. The fourth-order valence-corrected chi connectivity index (χ4v) is 5.27. The lowest BCUT2D eigenvalue weighted by Gasteiger charge is -2.20. The van der Waals surface area contributed by atoms with Crippen molar-refractivity contribution in [2.45, 2.75) is 43.3 Å². The summed E-state index contributed by atoms with van der Waals surface area (Å²) in [5.74, 6) is 0.930. The third kappa shape index (κ3) is 6.20. The van der Waals surface area contributed by atoms with E-state index in [9.17, 15) is 4.57 Å². The molecular weight excluding hydrogens is 453 g/mol. The Morgan fingerprint density at radius 1 is 1.16 bits per heavy atom. The number of ether oxygens (including phenoxy) is 2. The number of fused-ring (bicyclic) bond motifs is 1. The number of hydrogen-bond donors (Lipinski definition) is 1. The summed E-state index contributed by atoms with van der Waals surface area (Å²) in [6.07, 6.45) is 1.25. The number of nitrogens with zero attached hydrogens (tertiary/aromatic N) is 4. The summed E-state index contributed by atoms with van der Waals surface area (Å²) < 4.78 is 35.9. The van der Waals surface area contributed by atoms with Gasteiger partial charge in [-0.1, -0.05) is 11.8 Å². The topological polar surface area (TPSA) is 124 Å². The van der Waals surface area contributed by atoms with Crippen molar-refractivity contribution in [3.63, 3.8) is 0 Å². The van der Waals surface area contributed by atoms with E-state index in [2.05, 4.69) is 15.0 Å². The fourth-order valence-electron chi connectivity index (χ4n) is 2.95. The highest BCUT2D eigenvalue weighted by Gasteiger charge is 2.25. The summed E-state index contributed by atoms with van der Waals surface area (Å²) in [5.41, 5.74) is 7.21. The molecule has 0 saturated heterocycles. The third-order valence-corrected chi connectivity index (χ3v) is 7.10. The molecule has 2 N–H and O–H groups in total. The molecule has 32 heavy (non-hydrogen) atoms. The lowest BCUT2D eigenvalue weighted by Crippen LogP contribution is -2.18. The maximum atomic E-state index is 12.6. The van der Waals surface area contributed by atoms with Gasteiger partial charge in [-0.25, -0.2) is 9.97 Å². The van der Waals surface area contributed by atoms with Crippen LogP contribution in [-0.4, -0.2) is 52.3 Å². The summed E-state index contributed by atoms with van der Waals surface area (Å²) in [7, 11) is -1.65. The van der Waals surface area contributed by atoms with Gasteiger partial charge in [-0.15, -0.1) is 0 Å². The molecule has 3 aromatic rings.